The molecule has 0 aliphatic rings. The van der Waals surface area contributed by atoms with E-state index in [-0.39, 0.29) is 5.82 Å². The second-order valence-corrected chi connectivity index (χ2v) is 8.44. The lowest BCUT2D eigenvalue weighted by Gasteiger charge is -2.13. The van der Waals surface area contributed by atoms with Crippen molar-refractivity contribution in [1.82, 2.24) is 19.9 Å². The minimum atomic E-state index is 0.287. The fraction of sp³-hybridized carbons (Fsp3) is 0.241. The van der Waals surface area contributed by atoms with Gasteiger partial charge in [0.05, 0.1) is 64.7 Å². The maximum atomic E-state index is 5.64. The third-order valence-corrected chi connectivity index (χ3v) is 6.03. The molecule has 0 radical (unpaired) electrons. The normalized spacial score (nSPS) is 10.4. The average molecular weight is 561 g/mol. The molecule has 12 heteroatoms. The van der Waals surface area contributed by atoms with E-state index in [0.29, 0.717) is 40.7 Å². The summed E-state index contributed by atoms with van der Waals surface area (Å²) < 4.78 is 31.3. The zero-order chi connectivity index (χ0) is 29.4. The Morgan fingerprint density at radius 1 is 0.561 bits per heavy atom. The monoisotopic (exact) mass is 560 g/mol. The molecule has 0 spiro atoms. The van der Waals surface area contributed by atoms with Gasteiger partial charge < -0.3 is 39.5 Å². The maximum Gasteiger partial charge on any atom is 0.257 e. The lowest BCUT2D eigenvalue weighted by Crippen LogP contribution is -2.06. The van der Waals surface area contributed by atoms with E-state index in [1.165, 1.54) is 7.11 Å². The minimum Gasteiger partial charge on any atom is -0.497 e. The first kappa shape index (κ1) is 28.7. The fourth-order valence-electron chi connectivity index (χ4n) is 3.89. The van der Waals surface area contributed by atoms with Gasteiger partial charge in [0.25, 0.3) is 11.8 Å². The standard InChI is InChI=1S/C19H21N3O4.C10H11N3O2/c1-23-13-7-8-15-16(9-13)22-19(26-4)18(21-15)20-11-12-5-6-14(24-2)10-17(12)25-3;1-14-6-3-4-7-8(5-6)13-10(15-2)9(11)12-7/h5-10H,11H2,1-4H3,(H,20,21);3-5H,1-2H3,(H2,11,12). The average Bonchev–Trinajstić information content (AvgIpc) is 3.02. The smallest absolute Gasteiger partial charge is 0.257 e. The van der Waals surface area contributed by atoms with Crippen molar-refractivity contribution < 1.29 is 28.4 Å². The van der Waals surface area contributed by atoms with Crippen LogP contribution in [0.2, 0.25) is 0 Å². The molecule has 2 heterocycles. The molecule has 0 aliphatic carbocycles. The highest BCUT2D eigenvalue weighted by molar-refractivity contribution is 5.79. The van der Waals surface area contributed by atoms with Crippen LogP contribution in [0, 0.1) is 0 Å². The predicted molar refractivity (Wildman–Crippen MR) is 157 cm³/mol. The number of nitrogens with two attached hydrogens (primary N) is 1. The highest BCUT2D eigenvalue weighted by atomic mass is 16.5. The molecule has 0 aliphatic heterocycles. The van der Waals surface area contributed by atoms with Gasteiger partial charge in [0.2, 0.25) is 0 Å². The molecule has 2 aromatic heterocycles. The maximum absolute atomic E-state index is 5.64. The van der Waals surface area contributed by atoms with Gasteiger partial charge >= 0.3 is 0 Å². The molecule has 0 amide bonds. The van der Waals surface area contributed by atoms with Crippen LogP contribution < -0.4 is 39.5 Å². The van der Waals surface area contributed by atoms with Crippen LogP contribution in [0.25, 0.3) is 22.1 Å². The quantitative estimate of drug-likeness (QED) is 0.262. The molecule has 0 saturated carbocycles. The molecule has 0 fully saturated rings. The summed E-state index contributed by atoms with van der Waals surface area (Å²) in [7, 11) is 9.54. The molecule has 3 aromatic carbocycles. The lowest BCUT2D eigenvalue weighted by molar-refractivity contribution is 0.391. The van der Waals surface area contributed by atoms with Gasteiger partial charge in [-0.1, -0.05) is 0 Å². The summed E-state index contributed by atoms with van der Waals surface area (Å²) in [6.07, 6.45) is 0. The zero-order valence-corrected chi connectivity index (χ0v) is 23.7. The number of nitrogens with zero attached hydrogens (tertiary/aromatic N) is 4. The van der Waals surface area contributed by atoms with Gasteiger partial charge in [-0.3, -0.25) is 0 Å². The molecular weight excluding hydrogens is 528 g/mol. The van der Waals surface area contributed by atoms with E-state index in [1.54, 1.807) is 47.7 Å². The largest absolute Gasteiger partial charge is 0.497 e. The van der Waals surface area contributed by atoms with Crippen LogP contribution in [0.15, 0.2) is 54.6 Å². The van der Waals surface area contributed by atoms with Crippen LogP contribution in [0.4, 0.5) is 11.6 Å². The zero-order valence-electron chi connectivity index (χ0n) is 23.7. The lowest BCUT2D eigenvalue weighted by atomic mass is 10.2. The van der Waals surface area contributed by atoms with Crippen LogP contribution in [0.3, 0.4) is 0 Å². The van der Waals surface area contributed by atoms with Gasteiger partial charge in [-0.25, -0.2) is 19.9 Å². The Hall–Kier alpha value is -5.26. The van der Waals surface area contributed by atoms with Crippen LogP contribution in [0.5, 0.6) is 34.8 Å². The van der Waals surface area contributed by atoms with Crippen LogP contribution in [0.1, 0.15) is 5.56 Å². The highest BCUT2D eigenvalue weighted by Gasteiger charge is 2.12. The van der Waals surface area contributed by atoms with Crippen molar-refractivity contribution in [1.29, 1.82) is 0 Å². The Morgan fingerprint density at radius 2 is 1.10 bits per heavy atom. The molecule has 0 unspecified atom stereocenters. The molecule has 0 atom stereocenters. The molecular formula is C29H32N6O6. The SMILES string of the molecule is COc1ccc(CNc2nc3ccc(OC)cc3nc2OC)c(OC)c1.COc1ccc2nc(N)c(OC)nc2c1. The summed E-state index contributed by atoms with van der Waals surface area (Å²) in [5.41, 5.74) is 9.46. The number of nitrogens with one attached hydrogen (secondary N) is 1. The van der Waals surface area contributed by atoms with Crippen molar-refractivity contribution in [2.24, 2.45) is 0 Å². The third-order valence-electron chi connectivity index (χ3n) is 6.03. The summed E-state index contributed by atoms with van der Waals surface area (Å²) >= 11 is 0. The number of benzene rings is 3. The van der Waals surface area contributed by atoms with Crippen molar-refractivity contribution in [3.63, 3.8) is 0 Å². The molecule has 0 bridgehead atoms. The number of ether oxygens (including phenoxy) is 6. The van der Waals surface area contributed by atoms with Crippen molar-refractivity contribution in [2.75, 3.05) is 53.7 Å². The topological polar surface area (TPSA) is 145 Å². The number of fused-ring (bicyclic) bond motifs is 2. The van der Waals surface area contributed by atoms with Gasteiger partial charge in [0.15, 0.2) is 11.6 Å². The van der Waals surface area contributed by atoms with Gasteiger partial charge in [0.1, 0.15) is 23.0 Å². The molecule has 12 nitrogen and oxygen atoms in total. The number of hydrogen-bond donors (Lipinski definition) is 2. The predicted octanol–water partition coefficient (Wildman–Crippen LogP) is 4.51. The Kier molecular flexibility index (Phi) is 9.25. The Bertz CT molecular complexity index is 1650. The van der Waals surface area contributed by atoms with Crippen LogP contribution in [-0.4, -0.2) is 62.6 Å². The van der Waals surface area contributed by atoms with Crippen molar-refractivity contribution in [3.05, 3.63) is 60.2 Å². The van der Waals surface area contributed by atoms with E-state index in [2.05, 4.69) is 25.3 Å². The summed E-state index contributed by atoms with van der Waals surface area (Å²) in [5, 5.41) is 3.26. The van der Waals surface area contributed by atoms with Crippen LogP contribution >= 0.6 is 0 Å². The molecule has 0 saturated heterocycles. The number of hydrogen-bond acceptors (Lipinski definition) is 12. The Labute approximate surface area is 237 Å². The second-order valence-electron chi connectivity index (χ2n) is 8.44. The van der Waals surface area contributed by atoms with Crippen molar-refractivity contribution in [3.8, 4) is 34.8 Å². The third kappa shape index (κ3) is 6.67. The Balaban J connectivity index is 0.000000218. The van der Waals surface area contributed by atoms with E-state index < -0.39 is 0 Å². The van der Waals surface area contributed by atoms with E-state index in [1.807, 2.05) is 42.5 Å². The molecule has 214 valence electrons. The Morgan fingerprint density at radius 3 is 1.66 bits per heavy atom. The van der Waals surface area contributed by atoms with Crippen molar-refractivity contribution >= 4 is 33.7 Å². The number of anilines is 2. The van der Waals surface area contributed by atoms with E-state index >= 15 is 0 Å². The van der Waals surface area contributed by atoms with E-state index in [0.717, 1.165) is 34.1 Å². The minimum absolute atomic E-state index is 0.287. The molecule has 5 rings (SSSR count). The summed E-state index contributed by atoms with van der Waals surface area (Å²) in [6, 6.07) is 16.6. The number of rotatable bonds is 9. The van der Waals surface area contributed by atoms with Gasteiger partial charge in [-0.05, 0) is 36.4 Å². The van der Waals surface area contributed by atoms with Crippen LogP contribution in [-0.2, 0) is 6.54 Å². The van der Waals surface area contributed by atoms with E-state index in [9.17, 15) is 0 Å². The fourth-order valence-corrected chi connectivity index (χ4v) is 3.89. The number of aromatic nitrogens is 4. The van der Waals surface area contributed by atoms with Gasteiger partial charge in [-0.15, -0.1) is 0 Å². The van der Waals surface area contributed by atoms with Crippen molar-refractivity contribution in [2.45, 2.75) is 6.54 Å². The molecule has 3 N–H and O–H groups in total. The first-order chi connectivity index (χ1) is 19.9. The summed E-state index contributed by atoms with van der Waals surface area (Å²) in [4.78, 5) is 17.5. The molecule has 5 aromatic rings. The molecule has 41 heavy (non-hydrogen) atoms. The summed E-state index contributed by atoms with van der Waals surface area (Å²) in [6.45, 7) is 0.500. The first-order valence-corrected chi connectivity index (χ1v) is 12.4. The second kappa shape index (κ2) is 13.2. The van der Waals surface area contributed by atoms with Gasteiger partial charge in [-0.2, -0.15) is 0 Å². The summed E-state index contributed by atoms with van der Waals surface area (Å²) in [5.74, 6) is 4.50. The number of methoxy groups -OCH3 is 6. The first-order valence-electron chi connectivity index (χ1n) is 12.4. The van der Waals surface area contributed by atoms with Gasteiger partial charge in [0, 0.05) is 30.3 Å². The number of nitrogen functional groups attached to an aromatic ring is 1. The highest BCUT2D eigenvalue weighted by Crippen LogP contribution is 2.29. The van der Waals surface area contributed by atoms with E-state index in [4.69, 9.17) is 34.2 Å².